The SMILES string of the molecule is CC1(C)N[C@@H]2C[C@@]3(O)C(=Nc4ccccc43)[C@]3(C)CC[C@@H]1C[C@H]23. The van der Waals surface area contributed by atoms with Crippen LogP contribution in [0.25, 0.3) is 0 Å². The van der Waals surface area contributed by atoms with Crippen molar-refractivity contribution in [2.45, 2.75) is 63.6 Å². The summed E-state index contributed by atoms with van der Waals surface area (Å²) in [5.41, 5.74) is 2.36. The van der Waals surface area contributed by atoms with E-state index in [0.717, 1.165) is 35.7 Å². The Bertz CT molecular complexity index is 724. The molecule has 5 rings (SSSR count). The molecule has 3 nitrogen and oxygen atoms in total. The first-order chi connectivity index (χ1) is 10.8. The van der Waals surface area contributed by atoms with Crippen molar-refractivity contribution in [2.75, 3.05) is 0 Å². The van der Waals surface area contributed by atoms with Gasteiger partial charge in [-0.3, -0.25) is 4.99 Å². The van der Waals surface area contributed by atoms with Crippen LogP contribution in [-0.4, -0.2) is 22.4 Å². The minimum Gasteiger partial charge on any atom is -0.379 e. The zero-order valence-corrected chi connectivity index (χ0v) is 14.3. The van der Waals surface area contributed by atoms with E-state index in [9.17, 15) is 5.11 Å². The largest absolute Gasteiger partial charge is 0.379 e. The van der Waals surface area contributed by atoms with Gasteiger partial charge in [-0.15, -0.1) is 0 Å². The second kappa shape index (κ2) is 4.07. The van der Waals surface area contributed by atoms with Crippen LogP contribution in [0.1, 0.15) is 52.0 Å². The Kier molecular flexibility index (Phi) is 2.51. The van der Waals surface area contributed by atoms with E-state index in [1.807, 2.05) is 12.1 Å². The third-order valence-corrected chi connectivity index (χ3v) is 7.46. The number of nitrogens with one attached hydrogen (secondary N) is 1. The summed E-state index contributed by atoms with van der Waals surface area (Å²) < 4.78 is 0. The van der Waals surface area contributed by atoms with Crippen LogP contribution in [0.15, 0.2) is 29.3 Å². The summed E-state index contributed by atoms with van der Waals surface area (Å²) in [6.07, 6.45) is 4.41. The van der Waals surface area contributed by atoms with Gasteiger partial charge in [-0.2, -0.15) is 0 Å². The summed E-state index contributed by atoms with van der Waals surface area (Å²) in [6.45, 7) is 7.04. The number of benzene rings is 1. The molecular weight excluding hydrogens is 284 g/mol. The summed E-state index contributed by atoms with van der Waals surface area (Å²) in [5.74, 6) is 1.34. The predicted octanol–water partition coefficient (Wildman–Crippen LogP) is 3.54. The minimum absolute atomic E-state index is 0.0245. The van der Waals surface area contributed by atoms with Crippen LogP contribution in [0, 0.1) is 17.3 Å². The third-order valence-electron chi connectivity index (χ3n) is 7.46. The van der Waals surface area contributed by atoms with Gasteiger partial charge >= 0.3 is 0 Å². The highest BCUT2D eigenvalue weighted by Crippen LogP contribution is 2.61. The Morgan fingerprint density at radius 3 is 2.83 bits per heavy atom. The Labute approximate surface area is 138 Å². The van der Waals surface area contributed by atoms with Crippen LogP contribution < -0.4 is 5.32 Å². The second-order valence-electron chi connectivity index (χ2n) is 9.01. The van der Waals surface area contributed by atoms with Crippen molar-refractivity contribution in [3.05, 3.63) is 29.8 Å². The van der Waals surface area contributed by atoms with E-state index in [4.69, 9.17) is 4.99 Å². The first kappa shape index (κ1) is 14.2. The highest BCUT2D eigenvalue weighted by atomic mass is 16.3. The normalized spacial score (nSPS) is 45.9. The molecule has 2 bridgehead atoms. The molecular formula is C20H26N2O. The lowest BCUT2D eigenvalue weighted by atomic mass is 9.48. The number of fused-ring (bicyclic) bond motifs is 5. The molecule has 5 atom stereocenters. The quantitative estimate of drug-likeness (QED) is 0.770. The molecule has 4 aliphatic rings. The fourth-order valence-corrected chi connectivity index (χ4v) is 6.18. The van der Waals surface area contributed by atoms with Crippen molar-refractivity contribution in [2.24, 2.45) is 22.2 Å². The van der Waals surface area contributed by atoms with Crippen molar-refractivity contribution in [1.82, 2.24) is 5.32 Å². The number of hydrogen-bond donors (Lipinski definition) is 2. The maximum Gasteiger partial charge on any atom is 0.132 e. The zero-order valence-electron chi connectivity index (χ0n) is 14.3. The fraction of sp³-hybridized carbons (Fsp3) is 0.650. The van der Waals surface area contributed by atoms with Crippen LogP contribution in [0.3, 0.4) is 0 Å². The molecule has 2 saturated carbocycles. The van der Waals surface area contributed by atoms with E-state index in [0.29, 0.717) is 12.0 Å². The molecule has 1 saturated heterocycles. The van der Waals surface area contributed by atoms with Gasteiger partial charge in [0.25, 0.3) is 0 Å². The van der Waals surface area contributed by atoms with Crippen LogP contribution in [0.5, 0.6) is 0 Å². The van der Waals surface area contributed by atoms with E-state index in [-0.39, 0.29) is 11.0 Å². The third kappa shape index (κ3) is 1.60. The lowest BCUT2D eigenvalue weighted by molar-refractivity contribution is -0.0566. The van der Waals surface area contributed by atoms with E-state index in [2.05, 4.69) is 38.2 Å². The molecule has 2 N–H and O–H groups in total. The molecule has 2 aliphatic heterocycles. The van der Waals surface area contributed by atoms with E-state index >= 15 is 0 Å². The number of aliphatic imine (C=N–C) groups is 1. The van der Waals surface area contributed by atoms with Crippen molar-refractivity contribution in [3.8, 4) is 0 Å². The number of nitrogens with zero attached hydrogens (tertiary/aromatic N) is 1. The molecule has 23 heavy (non-hydrogen) atoms. The predicted molar refractivity (Wildman–Crippen MR) is 92.0 cm³/mol. The molecule has 0 unspecified atom stereocenters. The Morgan fingerprint density at radius 2 is 2.00 bits per heavy atom. The Morgan fingerprint density at radius 1 is 1.22 bits per heavy atom. The van der Waals surface area contributed by atoms with Gasteiger partial charge in [0.05, 0.1) is 11.4 Å². The lowest BCUT2D eigenvalue weighted by Crippen LogP contribution is -2.70. The molecule has 0 radical (unpaired) electrons. The van der Waals surface area contributed by atoms with Crippen LogP contribution in [-0.2, 0) is 5.60 Å². The molecule has 1 aromatic carbocycles. The molecule has 3 heteroatoms. The summed E-state index contributed by atoms with van der Waals surface area (Å²) in [7, 11) is 0. The van der Waals surface area contributed by atoms with Crippen molar-refractivity contribution in [1.29, 1.82) is 0 Å². The van der Waals surface area contributed by atoms with Gasteiger partial charge in [0.15, 0.2) is 0 Å². The summed E-state index contributed by atoms with van der Waals surface area (Å²) >= 11 is 0. The molecule has 0 aromatic heterocycles. The standard InChI is InChI=1S/C20H26N2O/c1-18(2)12-8-9-19(3)14(10-12)16(22-18)11-20(23)13-6-4-5-7-15(13)21-17(19)20/h4-7,12,14,16,22-23H,8-11H2,1-3H3/t12-,14-,16-,19-,20+/m1/s1. The van der Waals surface area contributed by atoms with E-state index in [1.54, 1.807) is 0 Å². The first-order valence-corrected chi connectivity index (χ1v) is 9.04. The second-order valence-corrected chi connectivity index (χ2v) is 9.01. The average Bonchev–Trinajstić information content (AvgIpc) is 2.80. The maximum atomic E-state index is 11.7. The summed E-state index contributed by atoms with van der Waals surface area (Å²) in [5, 5.41) is 15.6. The number of hydrogen-bond acceptors (Lipinski definition) is 3. The van der Waals surface area contributed by atoms with Gasteiger partial charge in [-0.1, -0.05) is 25.1 Å². The van der Waals surface area contributed by atoms with Gasteiger partial charge in [0.1, 0.15) is 5.60 Å². The Hall–Kier alpha value is -1.19. The number of rotatable bonds is 0. The number of para-hydroxylation sites is 1. The first-order valence-electron chi connectivity index (χ1n) is 9.04. The molecule has 122 valence electrons. The van der Waals surface area contributed by atoms with E-state index in [1.165, 1.54) is 12.8 Å². The van der Waals surface area contributed by atoms with Gasteiger partial charge in [-0.05, 0) is 51.0 Å². The molecule has 1 aromatic rings. The molecule has 2 aliphatic carbocycles. The average molecular weight is 310 g/mol. The van der Waals surface area contributed by atoms with Gasteiger partial charge in [0.2, 0.25) is 0 Å². The van der Waals surface area contributed by atoms with Crippen LogP contribution in [0.4, 0.5) is 5.69 Å². The van der Waals surface area contributed by atoms with Crippen LogP contribution >= 0.6 is 0 Å². The smallest absolute Gasteiger partial charge is 0.132 e. The van der Waals surface area contributed by atoms with Gasteiger partial charge < -0.3 is 10.4 Å². The molecule has 3 fully saturated rings. The molecule has 2 heterocycles. The fourth-order valence-electron chi connectivity index (χ4n) is 6.18. The van der Waals surface area contributed by atoms with Crippen molar-refractivity contribution in [3.63, 3.8) is 0 Å². The monoisotopic (exact) mass is 310 g/mol. The van der Waals surface area contributed by atoms with E-state index < -0.39 is 5.60 Å². The van der Waals surface area contributed by atoms with Crippen LogP contribution in [0.2, 0.25) is 0 Å². The van der Waals surface area contributed by atoms with Gasteiger partial charge in [-0.25, -0.2) is 0 Å². The minimum atomic E-state index is -0.875. The van der Waals surface area contributed by atoms with Crippen molar-refractivity contribution < 1.29 is 5.11 Å². The molecule has 0 spiro atoms. The number of piperidine rings is 1. The summed E-state index contributed by atoms with van der Waals surface area (Å²) in [4.78, 5) is 4.96. The van der Waals surface area contributed by atoms with Gasteiger partial charge in [0, 0.05) is 29.0 Å². The maximum absolute atomic E-state index is 11.7. The summed E-state index contributed by atoms with van der Waals surface area (Å²) in [6, 6.07) is 8.54. The molecule has 0 amide bonds. The zero-order chi connectivity index (χ0) is 16.0. The lowest BCUT2D eigenvalue weighted by Gasteiger charge is -2.62. The topological polar surface area (TPSA) is 44.6 Å². The Balaban J connectivity index is 1.68. The number of aliphatic hydroxyl groups is 1. The van der Waals surface area contributed by atoms with Crippen molar-refractivity contribution >= 4 is 11.4 Å². The highest BCUT2D eigenvalue weighted by molar-refractivity contribution is 6.05. The highest BCUT2D eigenvalue weighted by Gasteiger charge is 2.63.